The first-order valence-corrected chi connectivity index (χ1v) is 7.00. The van der Waals surface area contributed by atoms with Crippen molar-refractivity contribution in [3.63, 3.8) is 0 Å². The summed E-state index contributed by atoms with van der Waals surface area (Å²) in [7, 11) is 0. The summed E-state index contributed by atoms with van der Waals surface area (Å²) in [5.74, 6) is 0.199. The van der Waals surface area contributed by atoms with E-state index < -0.39 is 6.10 Å². The molecule has 0 aliphatic carbocycles. The van der Waals surface area contributed by atoms with E-state index >= 15 is 0 Å². The van der Waals surface area contributed by atoms with Gasteiger partial charge in [-0.3, -0.25) is 4.79 Å². The van der Waals surface area contributed by atoms with Gasteiger partial charge in [0.25, 0.3) is 0 Å². The lowest BCUT2D eigenvalue weighted by Crippen LogP contribution is -2.44. The number of hydrogen-bond donors (Lipinski definition) is 2. The second-order valence-corrected chi connectivity index (χ2v) is 5.49. The number of piperidine rings is 1. The van der Waals surface area contributed by atoms with Gasteiger partial charge in [0.2, 0.25) is 5.91 Å². The van der Waals surface area contributed by atoms with Gasteiger partial charge in [0.1, 0.15) is 0 Å². The molecule has 2 aliphatic heterocycles. The van der Waals surface area contributed by atoms with Crippen molar-refractivity contribution in [2.24, 2.45) is 0 Å². The Labute approximate surface area is 113 Å². The molecule has 0 bridgehead atoms. The average molecular weight is 260 g/mol. The van der Waals surface area contributed by atoms with Crippen LogP contribution in [0.15, 0.2) is 18.2 Å². The number of nitrogens with one attached hydrogen (secondary N) is 1. The van der Waals surface area contributed by atoms with Gasteiger partial charge in [0, 0.05) is 11.7 Å². The van der Waals surface area contributed by atoms with Crippen LogP contribution in [0.4, 0.5) is 5.69 Å². The van der Waals surface area contributed by atoms with E-state index in [-0.39, 0.29) is 5.91 Å². The second-order valence-electron chi connectivity index (χ2n) is 5.49. The maximum Gasteiger partial charge on any atom is 0.231 e. The summed E-state index contributed by atoms with van der Waals surface area (Å²) in [4.78, 5) is 14.2. The number of hydrogen-bond acceptors (Lipinski definition) is 3. The first-order chi connectivity index (χ1) is 9.16. The Morgan fingerprint density at radius 2 is 2.11 bits per heavy atom. The molecule has 1 saturated heterocycles. The normalized spacial score (nSPS) is 21.6. The van der Waals surface area contributed by atoms with Crippen molar-refractivity contribution in [1.29, 1.82) is 0 Å². The van der Waals surface area contributed by atoms with E-state index in [1.54, 1.807) is 6.92 Å². The van der Waals surface area contributed by atoms with Crippen LogP contribution >= 0.6 is 0 Å². The van der Waals surface area contributed by atoms with Crippen molar-refractivity contribution in [3.8, 4) is 0 Å². The molecule has 1 aromatic carbocycles. The van der Waals surface area contributed by atoms with Crippen LogP contribution in [0.3, 0.4) is 0 Å². The zero-order valence-corrected chi connectivity index (χ0v) is 11.2. The summed E-state index contributed by atoms with van der Waals surface area (Å²) in [5.41, 5.74) is 2.99. The minimum absolute atomic E-state index is 0.199. The predicted molar refractivity (Wildman–Crippen MR) is 74.2 cm³/mol. The Morgan fingerprint density at radius 1 is 1.37 bits per heavy atom. The van der Waals surface area contributed by atoms with Gasteiger partial charge in [-0.25, -0.2) is 0 Å². The molecule has 2 heterocycles. The minimum Gasteiger partial charge on any atom is -0.389 e. The van der Waals surface area contributed by atoms with Gasteiger partial charge in [-0.1, -0.05) is 12.1 Å². The Kier molecular flexibility index (Phi) is 3.29. The third-order valence-corrected chi connectivity index (χ3v) is 4.13. The van der Waals surface area contributed by atoms with Crippen LogP contribution in [0.2, 0.25) is 0 Å². The molecule has 4 nitrogen and oxygen atoms in total. The van der Waals surface area contributed by atoms with Gasteiger partial charge in [-0.15, -0.1) is 0 Å². The monoisotopic (exact) mass is 260 g/mol. The topological polar surface area (TPSA) is 52.6 Å². The maximum atomic E-state index is 12.3. The predicted octanol–water partition coefficient (Wildman–Crippen LogP) is 1.38. The van der Waals surface area contributed by atoms with Crippen molar-refractivity contribution in [3.05, 3.63) is 29.3 Å². The fourth-order valence-corrected chi connectivity index (χ4v) is 3.09. The molecule has 1 amide bonds. The number of nitrogens with zero attached hydrogens (tertiary/aromatic N) is 1. The number of anilines is 1. The fraction of sp³-hybridized carbons (Fsp3) is 0.533. The van der Waals surface area contributed by atoms with Gasteiger partial charge in [-0.2, -0.15) is 0 Å². The molecule has 1 fully saturated rings. The molecule has 0 radical (unpaired) electrons. The number of fused-ring (bicyclic) bond motifs is 1. The molecule has 2 aliphatic rings. The third-order valence-electron chi connectivity index (χ3n) is 4.13. The largest absolute Gasteiger partial charge is 0.389 e. The number of carbonyl (C=O) groups is 1. The lowest BCUT2D eigenvalue weighted by Gasteiger charge is -2.32. The Balaban J connectivity index is 1.91. The quantitative estimate of drug-likeness (QED) is 0.844. The van der Waals surface area contributed by atoms with Gasteiger partial charge in [0.05, 0.1) is 12.5 Å². The highest BCUT2D eigenvalue weighted by molar-refractivity contribution is 6.02. The maximum absolute atomic E-state index is 12.3. The summed E-state index contributed by atoms with van der Waals surface area (Å²) in [5, 5.41) is 13.0. The van der Waals surface area contributed by atoms with Crippen LogP contribution in [0.1, 0.15) is 37.0 Å². The zero-order valence-electron chi connectivity index (χ0n) is 11.2. The van der Waals surface area contributed by atoms with Crippen molar-refractivity contribution >= 4 is 11.6 Å². The van der Waals surface area contributed by atoms with Crippen LogP contribution < -0.4 is 10.2 Å². The smallest absolute Gasteiger partial charge is 0.231 e. The van der Waals surface area contributed by atoms with Crippen molar-refractivity contribution in [1.82, 2.24) is 5.32 Å². The highest BCUT2D eigenvalue weighted by Gasteiger charge is 2.33. The molecule has 1 unspecified atom stereocenters. The van der Waals surface area contributed by atoms with Gasteiger partial charge >= 0.3 is 0 Å². The van der Waals surface area contributed by atoms with E-state index in [9.17, 15) is 9.90 Å². The van der Waals surface area contributed by atoms with Crippen LogP contribution in [0.25, 0.3) is 0 Å². The van der Waals surface area contributed by atoms with Crippen molar-refractivity contribution in [2.45, 2.75) is 38.3 Å². The fourth-order valence-electron chi connectivity index (χ4n) is 3.09. The van der Waals surface area contributed by atoms with Crippen LogP contribution in [0.5, 0.6) is 0 Å². The molecule has 19 heavy (non-hydrogen) atoms. The number of aliphatic hydroxyl groups is 1. The molecule has 4 heteroatoms. The van der Waals surface area contributed by atoms with Crippen LogP contribution in [0, 0.1) is 0 Å². The summed E-state index contributed by atoms with van der Waals surface area (Å²) >= 11 is 0. The highest BCUT2D eigenvalue weighted by atomic mass is 16.3. The van der Waals surface area contributed by atoms with E-state index in [2.05, 4.69) is 5.32 Å². The van der Waals surface area contributed by atoms with E-state index in [4.69, 9.17) is 0 Å². The van der Waals surface area contributed by atoms with Crippen molar-refractivity contribution < 1.29 is 9.90 Å². The zero-order chi connectivity index (χ0) is 13.4. The SMILES string of the molecule is CC(O)c1ccc2c(c1)CC(=O)N2C1CCNCC1. The molecule has 1 aromatic rings. The molecule has 3 rings (SSSR count). The first kappa shape index (κ1) is 12.6. The molecule has 0 aromatic heterocycles. The number of carbonyl (C=O) groups excluding carboxylic acids is 1. The minimum atomic E-state index is -0.478. The molecule has 0 saturated carbocycles. The lowest BCUT2D eigenvalue weighted by molar-refractivity contribution is -0.117. The summed E-state index contributed by atoms with van der Waals surface area (Å²) in [6, 6.07) is 6.21. The summed E-state index contributed by atoms with van der Waals surface area (Å²) < 4.78 is 0. The number of amides is 1. The first-order valence-electron chi connectivity index (χ1n) is 7.00. The number of benzene rings is 1. The molecule has 0 spiro atoms. The van der Waals surface area contributed by atoms with E-state index in [0.29, 0.717) is 12.5 Å². The van der Waals surface area contributed by atoms with E-state index in [1.807, 2.05) is 23.1 Å². The summed E-state index contributed by atoms with van der Waals surface area (Å²) in [6.07, 6.45) is 2.03. The second kappa shape index (κ2) is 4.94. The summed E-state index contributed by atoms with van der Waals surface area (Å²) in [6.45, 7) is 3.72. The number of aliphatic hydroxyl groups excluding tert-OH is 1. The number of rotatable bonds is 2. The Hall–Kier alpha value is -1.39. The highest BCUT2D eigenvalue weighted by Crippen LogP contribution is 2.34. The third kappa shape index (κ3) is 2.26. The molecular formula is C15H20N2O2. The van der Waals surface area contributed by atoms with Crippen LogP contribution in [-0.2, 0) is 11.2 Å². The molecule has 2 N–H and O–H groups in total. The van der Waals surface area contributed by atoms with Crippen LogP contribution in [-0.4, -0.2) is 30.1 Å². The molecule has 1 atom stereocenters. The molecule has 102 valence electrons. The standard InChI is InChI=1S/C15H20N2O2/c1-10(18)11-2-3-14-12(8-11)9-15(19)17(14)13-4-6-16-7-5-13/h2-3,8,10,13,16,18H,4-7,9H2,1H3. The average Bonchev–Trinajstić information content (AvgIpc) is 2.74. The van der Waals surface area contributed by atoms with Gasteiger partial charge < -0.3 is 15.3 Å². The van der Waals surface area contributed by atoms with Gasteiger partial charge in [-0.05, 0) is 50.0 Å². The van der Waals surface area contributed by atoms with E-state index in [0.717, 1.165) is 42.7 Å². The lowest BCUT2D eigenvalue weighted by atomic mass is 10.0. The Bertz CT molecular complexity index is 493. The van der Waals surface area contributed by atoms with Crippen molar-refractivity contribution in [2.75, 3.05) is 18.0 Å². The Morgan fingerprint density at radius 3 is 2.79 bits per heavy atom. The molecular weight excluding hydrogens is 240 g/mol. The van der Waals surface area contributed by atoms with Gasteiger partial charge in [0.15, 0.2) is 0 Å². The van der Waals surface area contributed by atoms with E-state index in [1.165, 1.54) is 0 Å².